The number of aryl methyl sites for hydroxylation is 1. The standard InChI is InChI=1S/C26H26FN3OS2/c1-26(2,3)16-9-10-21-19(12-16)24(22-8-5-11-32-22)20(14-28)25(30-21)33-15-23(31)29-18-7-4-6-17(27)13-18/h4-8,11,13,16H,9-10,12,15H2,1-3H3,(H,29,31). The first-order chi connectivity index (χ1) is 15.8. The van der Waals surface area contributed by atoms with Crippen LogP contribution in [-0.2, 0) is 17.6 Å². The largest absolute Gasteiger partial charge is 0.325 e. The third-order valence-corrected chi connectivity index (χ3v) is 7.95. The number of carbonyl (C=O) groups is 1. The van der Waals surface area contributed by atoms with Gasteiger partial charge in [-0.2, -0.15) is 5.26 Å². The molecule has 0 saturated heterocycles. The van der Waals surface area contributed by atoms with Crippen molar-refractivity contribution in [1.82, 2.24) is 4.98 Å². The van der Waals surface area contributed by atoms with Crippen LogP contribution in [0.3, 0.4) is 0 Å². The maximum Gasteiger partial charge on any atom is 0.234 e. The Labute approximate surface area is 202 Å². The molecule has 1 aliphatic carbocycles. The number of nitrogens with zero attached hydrogens (tertiary/aromatic N) is 2. The van der Waals surface area contributed by atoms with E-state index >= 15 is 0 Å². The van der Waals surface area contributed by atoms with Crippen LogP contribution in [0, 0.1) is 28.5 Å². The Morgan fingerprint density at radius 3 is 2.82 bits per heavy atom. The van der Waals surface area contributed by atoms with Crippen molar-refractivity contribution >= 4 is 34.7 Å². The van der Waals surface area contributed by atoms with Crippen LogP contribution in [0.1, 0.15) is 44.0 Å². The van der Waals surface area contributed by atoms with Gasteiger partial charge in [-0.15, -0.1) is 11.3 Å². The van der Waals surface area contributed by atoms with Crippen LogP contribution < -0.4 is 5.32 Å². The zero-order valence-electron chi connectivity index (χ0n) is 18.9. The number of aromatic nitrogens is 1. The molecular weight excluding hydrogens is 453 g/mol. The highest BCUT2D eigenvalue weighted by Gasteiger charge is 2.33. The second kappa shape index (κ2) is 9.66. The summed E-state index contributed by atoms with van der Waals surface area (Å²) in [6.45, 7) is 6.81. The highest BCUT2D eigenvalue weighted by atomic mass is 32.2. The normalized spacial score (nSPS) is 15.5. The van der Waals surface area contributed by atoms with Crippen molar-refractivity contribution in [2.75, 3.05) is 11.1 Å². The number of pyridine rings is 1. The fourth-order valence-corrected chi connectivity index (χ4v) is 5.88. The van der Waals surface area contributed by atoms with Crippen LogP contribution in [0.15, 0.2) is 46.8 Å². The number of benzene rings is 1. The van der Waals surface area contributed by atoms with Crippen LogP contribution in [0.5, 0.6) is 0 Å². The van der Waals surface area contributed by atoms with E-state index in [0.29, 0.717) is 22.2 Å². The number of amides is 1. The summed E-state index contributed by atoms with van der Waals surface area (Å²) in [5.41, 5.74) is 4.31. The Morgan fingerprint density at radius 1 is 1.33 bits per heavy atom. The summed E-state index contributed by atoms with van der Waals surface area (Å²) in [5, 5.41) is 15.4. The molecule has 0 aliphatic heterocycles. The quantitative estimate of drug-likeness (QED) is 0.413. The zero-order chi connectivity index (χ0) is 23.6. The monoisotopic (exact) mass is 479 g/mol. The van der Waals surface area contributed by atoms with E-state index < -0.39 is 5.82 Å². The lowest BCUT2D eigenvalue weighted by molar-refractivity contribution is -0.113. The predicted molar refractivity (Wildman–Crippen MR) is 133 cm³/mol. The fourth-order valence-electron chi connectivity index (χ4n) is 4.27. The van der Waals surface area contributed by atoms with Gasteiger partial charge in [-0.1, -0.05) is 44.7 Å². The molecule has 0 radical (unpaired) electrons. The van der Waals surface area contributed by atoms with E-state index in [1.807, 2.05) is 17.5 Å². The minimum Gasteiger partial charge on any atom is -0.325 e. The number of thioether (sulfide) groups is 1. The highest BCUT2D eigenvalue weighted by Crippen LogP contribution is 2.44. The topological polar surface area (TPSA) is 65.8 Å². The van der Waals surface area contributed by atoms with E-state index in [0.717, 1.165) is 35.4 Å². The summed E-state index contributed by atoms with van der Waals surface area (Å²) >= 11 is 2.88. The van der Waals surface area contributed by atoms with E-state index in [1.165, 1.54) is 29.5 Å². The molecule has 1 aliphatic rings. The van der Waals surface area contributed by atoms with Gasteiger partial charge in [0.15, 0.2) is 0 Å². The van der Waals surface area contributed by atoms with Gasteiger partial charge in [0.1, 0.15) is 16.9 Å². The average molecular weight is 480 g/mol. The van der Waals surface area contributed by atoms with Gasteiger partial charge < -0.3 is 5.32 Å². The Bertz CT molecular complexity index is 1210. The number of hydrogen-bond donors (Lipinski definition) is 1. The maximum absolute atomic E-state index is 13.4. The van der Waals surface area contributed by atoms with E-state index in [4.69, 9.17) is 4.98 Å². The van der Waals surface area contributed by atoms with Gasteiger partial charge in [0.05, 0.1) is 11.3 Å². The Morgan fingerprint density at radius 2 is 2.15 bits per heavy atom. The van der Waals surface area contributed by atoms with Gasteiger partial charge in [-0.05, 0) is 65.8 Å². The van der Waals surface area contributed by atoms with Crippen LogP contribution in [0.25, 0.3) is 10.4 Å². The molecule has 1 aromatic carbocycles. The van der Waals surface area contributed by atoms with E-state index in [2.05, 4.69) is 32.2 Å². The lowest BCUT2D eigenvalue weighted by atomic mass is 9.70. The number of nitriles is 1. The summed E-state index contributed by atoms with van der Waals surface area (Å²) in [6, 6.07) is 12.2. The Balaban J connectivity index is 1.65. The average Bonchev–Trinajstić information content (AvgIpc) is 3.30. The van der Waals surface area contributed by atoms with Gasteiger partial charge in [0, 0.05) is 21.8 Å². The molecule has 1 unspecified atom stereocenters. The zero-order valence-corrected chi connectivity index (χ0v) is 20.6. The first-order valence-corrected chi connectivity index (χ1v) is 12.8. The second-order valence-electron chi connectivity index (χ2n) is 9.33. The van der Waals surface area contributed by atoms with Gasteiger partial charge in [-0.25, -0.2) is 9.37 Å². The number of nitrogens with one attached hydrogen (secondary N) is 1. The lowest BCUT2D eigenvalue weighted by Gasteiger charge is -2.35. The molecule has 1 amide bonds. The van der Waals surface area contributed by atoms with Crippen LogP contribution in [-0.4, -0.2) is 16.6 Å². The maximum atomic E-state index is 13.4. The summed E-state index contributed by atoms with van der Waals surface area (Å²) < 4.78 is 13.4. The SMILES string of the molecule is CC(C)(C)C1CCc2nc(SCC(=O)Nc3cccc(F)c3)c(C#N)c(-c3cccs3)c2C1. The fraction of sp³-hybridized carbons (Fsp3) is 0.346. The number of anilines is 1. The number of hydrogen-bond acceptors (Lipinski definition) is 5. The first kappa shape index (κ1) is 23.5. The minimum absolute atomic E-state index is 0.0888. The van der Waals surface area contributed by atoms with Gasteiger partial charge in [0.25, 0.3) is 0 Å². The van der Waals surface area contributed by atoms with Crippen LogP contribution >= 0.6 is 23.1 Å². The third kappa shape index (κ3) is 5.29. The Hall–Kier alpha value is -2.69. The summed E-state index contributed by atoms with van der Waals surface area (Å²) in [4.78, 5) is 18.4. The molecule has 2 heterocycles. The number of rotatable bonds is 5. The molecular formula is C26H26FN3OS2. The summed E-state index contributed by atoms with van der Waals surface area (Å²) in [5.74, 6) is -0.0596. The highest BCUT2D eigenvalue weighted by molar-refractivity contribution is 8.00. The minimum atomic E-state index is -0.405. The van der Waals surface area contributed by atoms with E-state index in [-0.39, 0.29) is 17.1 Å². The number of thiophene rings is 1. The van der Waals surface area contributed by atoms with Crippen molar-refractivity contribution < 1.29 is 9.18 Å². The van der Waals surface area contributed by atoms with E-state index in [1.54, 1.807) is 23.5 Å². The predicted octanol–water partition coefficient (Wildman–Crippen LogP) is 6.70. The molecule has 0 fully saturated rings. The molecule has 1 N–H and O–H groups in total. The number of fused-ring (bicyclic) bond motifs is 1. The van der Waals surface area contributed by atoms with Crippen molar-refractivity contribution in [1.29, 1.82) is 5.26 Å². The molecule has 0 spiro atoms. The van der Waals surface area contributed by atoms with E-state index in [9.17, 15) is 14.4 Å². The Kier molecular flexibility index (Phi) is 6.87. The second-order valence-corrected chi connectivity index (χ2v) is 11.2. The molecule has 33 heavy (non-hydrogen) atoms. The first-order valence-electron chi connectivity index (χ1n) is 10.9. The molecule has 4 rings (SSSR count). The number of carbonyl (C=O) groups excluding carboxylic acids is 1. The van der Waals surface area contributed by atoms with Crippen LogP contribution in [0.4, 0.5) is 10.1 Å². The van der Waals surface area contributed by atoms with Gasteiger partial charge in [-0.3, -0.25) is 4.79 Å². The lowest BCUT2D eigenvalue weighted by Crippen LogP contribution is -2.28. The molecule has 7 heteroatoms. The number of halogens is 1. The third-order valence-electron chi connectivity index (χ3n) is 6.08. The van der Waals surface area contributed by atoms with Crippen molar-refractivity contribution in [3.05, 3.63) is 64.4 Å². The molecule has 4 nitrogen and oxygen atoms in total. The summed E-state index contributed by atoms with van der Waals surface area (Å²) in [6.07, 6.45) is 2.83. The van der Waals surface area contributed by atoms with Crippen LogP contribution in [0.2, 0.25) is 0 Å². The smallest absolute Gasteiger partial charge is 0.234 e. The van der Waals surface area contributed by atoms with Crippen molar-refractivity contribution in [3.8, 4) is 16.5 Å². The van der Waals surface area contributed by atoms with Gasteiger partial charge in [0.2, 0.25) is 5.91 Å². The molecule has 0 saturated carbocycles. The summed E-state index contributed by atoms with van der Waals surface area (Å²) in [7, 11) is 0. The molecule has 2 aromatic heterocycles. The molecule has 1 atom stereocenters. The van der Waals surface area contributed by atoms with Crippen molar-refractivity contribution in [2.45, 2.75) is 45.1 Å². The van der Waals surface area contributed by atoms with Crippen molar-refractivity contribution in [3.63, 3.8) is 0 Å². The van der Waals surface area contributed by atoms with Crippen molar-refractivity contribution in [2.24, 2.45) is 11.3 Å². The molecule has 0 bridgehead atoms. The molecule has 3 aromatic rings. The van der Waals surface area contributed by atoms with Gasteiger partial charge >= 0.3 is 0 Å². The molecule has 170 valence electrons.